The van der Waals surface area contributed by atoms with E-state index in [9.17, 15) is 13.2 Å². The monoisotopic (exact) mass is 284 g/mol. The van der Waals surface area contributed by atoms with Gasteiger partial charge < -0.3 is 5.32 Å². The van der Waals surface area contributed by atoms with Crippen LogP contribution in [0, 0.1) is 5.92 Å². The Kier molecular flexibility index (Phi) is 5.08. The second-order valence-corrected chi connectivity index (χ2v) is 6.28. The Balaban J connectivity index is 2.79. The van der Waals surface area contributed by atoms with Crippen molar-refractivity contribution in [3.63, 3.8) is 0 Å². The maximum atomic E-state index is 11.9. The summed E-state index contributed by atoms with van der Waals surface area (Å²) < 4.78 is 22.2. The van der Waals surface area contributed by atoms with Crippen LogP contribution in [-0.2, 0) is 10.0 Å². The van der Waals surface area contributed by atoms with Gasteiger partial charge in [-0.3, -0.25) is 4.79 Å². The molecule has 0 spiro atoms. The number of benzene rings is 1. The van der Waals surface area contributed by atoms with Crippen LogP contribution in [0.4, 0.5) is 0 Å². The van der Waals surface area contributed by atoms with Crippen molar-refractivity contribution >= 4 is 15.9 Å². The first-order valence-electron chi connectivity index (χ1n) is 6.19. The van der Waals surface area contributed by atoms with Crippen molar-refractivity contribution in [1.29, 1.82) is 0 Å². The molecule has 0 fully saturated rings. The summed E-state index contributed by atoms with van der Waals surface area (Å²) >= 11 is 0. The third-order valence-corrected chi connectivity index (χ3v) is 4.23. The van der Waals surface area contributed by atoms with E-state index in [-0.39, 0.29) is 16.8 Å². The zero-order chi connectivity index (χ0) is 14.6. The van der Waals surface area contributed by atoms with Crippen molar-refractivity contribution in [3.05, 3.63) is 29.8 Å². The predicted molar refractivity (Wildman–Crippen MR) is 74.2 cm³/mol. The van der Waals surface area contributed by atoms with Crippen LogP contribution in [0.2, 0.25) is 0 Å². The lowest BCUT2D eigenvalue weighted by atomic mass is 10.0. The molecule has 6 heteroatoms. The molecule has 0 bridgehead atoms. The highest BCUT2D eigenvalue weighted by Gasteiger charge is 2.15. The van der Waals surface area contributed by atoms with Gasteiger partial charge in [-0.25, -0.2) is 13.6 Å². The molecule has 5 nitrogen and oxygen atoms in total. The molecule has 0 saturated heterocycles. The molecular weight excluding hydrogens is 264 g/mol. The van der Waals surface area contributed by atoms with E-state index in [0.717, 1.165) is 6.42 Å². The molecule has 2 unspecified atom stereocenters. The second-order valence-electron chi connectivity index (χ2n) is 4.72. The number of amides is 1. The van der Waals surface area contributed by atoms with Gasteiger partial charge in [-0.2, -0.15) is 0 Å². The summed E-state index contributed by atoms with van der Waals surface area (Å²) in [5.74, 6) is 0.168. The molecule has 0 aromatic heterocycles. The van der Waals surface area contributed by atoms with Crippen LogP contribution < -0.4 is 10.5 Å². The van der Waals surface area contributed by atoms with Crippen LogP contribution in [0.1, 0.15) is 37.6 Å². The van der Waals surface area contributed by atoms with E-state index in [1.54, 1.807) is 0 Å². The fourth-order valence-corrected chi connectivity index (χ4v) is 2.10. The predicted octanol–water partition coefficient (Wildman–Crippen LogP) is 1.50. The molecule has 2 atom stereocenters. The van der Waals surface area contributed by atoms with Crippen LogP contribution in [0.3, 0.4) is 0 Å². The average Bonchev–Trinajstić information content (AvgIpc) is 2.36. The maximum Gasteiger partial charge on any atom is 0.251 e. The highest BCUT2D eigenvalue weighted by Crippen LogP contribution is 2.11. The number of carbonyl (C=O) groups excluding carboxylic acids is 1. The van der Waals surface area contributed by atoms with Crippen LogP contribution in [-0.4, -0.2) is 20.4 Å². The van der Waals surface area contributed by atoms with Crippen LogP contribution in [0.15, 0.2) is 29.2 Å². The third kappa shape index (κ3) is 4.33. The highest BCUT2D eigenvalue weighted by atomic mass is 32.2. The fraction of sp³-hybridized carbons (Fsp3) is 0.462. The summed E-state index contributed by atoms with van der Waals surface area (Å²) in [7, 11) is -3.72. The Labute approximate surface area is 114 Å². The van der Waals surface area contributed by atoms with Crippen LogP contribution in [0.25, 0.3) is 0 Å². The Morgan fingerprint density at radius 3 is 2.21 bits per heavy atom. The van der Waals surface area contributed by atoms with Gasteiger partial charge in [-0.1, -0.05) is 20.3 Å². The fourth-order valence-electron chi connectivity index (χ4n) is 1.58. The molecule has 0 saturated carbocycles. The van der Waals surface area contributed by atoms with Gasteiger partial charge in [-0.15, -0.1) is 0 Å². The lowest BCUT2D eigenvalue weighted by Crippen LogP contribution is -2.36. The summed E-state index contributed by atoms with van der Waals surface area (Å²) in [6, 6.07) is 5.64. The molecule has 0 heterocycles. The van der Waals surface area contributed by atoms with Crippen molar-refractivity contribution < 1.29 is 13.2 Å². The zero-order valence-electron chi connectivity index (χ0n) is 11.4. The normalized spacial score (nSPS) is 14.7. The van der Waals surface area contributed by atoms with Gasteiger partial charge in [0.05, 0.1) is 4.90 Å². The lowest BCUT2D eigenvalue weighted by molar-refractivity contribution is 0.0928. The van der Waals surface area contributed by atoms with Gasteiger partial charge in [0.15, 0.2) is 0 Å². The van der Waals surface area contributed by atoms with Gasteiger partial charge >= 0.3 is 0 Å². The second kappa shape index (κ2) is 6.16. The Morgan fingerprint density at radius 2 is 1.79 bits per heavy atom. The number of nitrogens with two attached hydrogens (primary N) is 1. The van der Waals surface area contributed by atoms with Gasteiger partial charge in [0.25, 0.3) is 5.91 Å². The molecule has 1 aromatic carbocycles. The Bertz CT molecular complexity index is 538. The first-order valence-corrected chi connectivity index (χ1v) is 7.74. The summed E-state index contributed by atoms with van der Waals surface area (Å²) in [4.78, 5) is 11.9. The van der Waals surface area contributed by atoms with E-state index in [0.29, 0.717) is 11.5 Å². The highest BCUT2D eigenvalue weighted by molar-refractivity contribution is 7.89. The number of carbonyl (C=O) groups is 1. The molecule has 0 aliphatic rings. The van der Waals surface area contributed by atoms with E-state index >= 15 is 0 Å². The van der Waals surface area contributed by atoms with Crippen molar-refractivity contribution in [2.24, 2.45) is 11.1 Å². The molecule has 0 aliphatic heterocycles. The first-order chi connectivity index (χ1) is 8.75. The van der Waals surface area contributed by atoms with E-state index < -0.39 is 10.0 Å². The van der Waals surface area contributed by atoms with Gasteiger partial charge in [-0.05, 0) is 37.1 Å². The van der Waals surface area contributed by atoms with Gasteiger partial charge in [0, 0.05) is 11.6 Å². The first kappa shape index (κ1) is 15.7. The third-order valence-electron chi connectivity index (χ3n) is 3.30. The summed E-state index contributed by atoms with van der Waals surface area (Å²) in [5, 5.41) is 7.88. The Hall–Kier alpha value is -1.40. The molecule has 3 N–H and O–H groups in total. The Morgan fingerprint density at radius 1 is 1.26 bits per heavy atom. The molecule has 1 rings (SSSR count). The number of hydrogen-bond donors (Lipinski definition) is 2. The molecular formula is C13H20N2O3S. The summed E-state index contributed by atoms with van der Waals surface area (Å²) in [6.45, 7) is 6.08. The molecule has 0 radical (unpaired) electrons. The van der Waals surface area contributed by atoms with Crippen molar-refractivity contribution in [2.75, 3.05) is 0 Å². The van der Waals surface area contributed by atoms with Crippen molar-refractivity contribution in [3.8, 4) is 0 Å². The molecule has 106 valence electrons. The zero-order valence-corrected chi connectivity index (χ0v) is 12.2. The van der Waals surface area contributed by atoms with Gasteiger partial charge in [0.2, 0.25) is 10.0 Å². The molecule has 0 aliphatic carbocycles. The largest absolute Gasteiger partial charge is 0.349 e. The summed E-state index contributed by atoms with van der Waals surface area (Å²) in [5.41, 5.74) is 0.419. The average molecular weight is 284 g/mol. The minimum atomic E-state index is -3.72. The molecule has 19 heavy (non-hydrogen) atoms. The van der Waals surface area contributed by atoms with Crippen LogP contribution in [0.5, 0.6) is 0 Å². The topological polar surface area (TPSA) is 89.3 Å². The minimum Gasteiger partial charge on any atom is -0.349 e. The molecule has 1 amide bonds. The van der Waals surface area contributed by atoms with E-state index in [1.165, 1.54) is 24.3 Å². The number of sulfonamides is 1. The maximum absolute atomic E-state index is 11.9. The van der Waals surface area contributed by atoms with Gasteiger partial charge in [0.1, 0.15) is 0 Å². The number of rotatable bonds is 5. The van der Waals surface area contributed by atoms with E-state index in [1.807, 2.05) is 6.92 Å². The number of hydrogen-bond acceptors (Lipinski definition) is 3. The smallest absolute Gasteiger partial charge is 0.251 e. The number of nitrogens with one attached hydrogen (secondary N) is 1. The van der Waals surface area contributed by atoms with Crippen molar-refractivity contribution in [2.45, 2.75) is 38.1 Å². The molecule has 1 aromatic rings. The van der Waals surface area contributed by atoms with Crippen molar-refractivity contribution in [1.82, 2.24) is 5.32 Å². The number of primary sulfonamides is 1. The SMILES string of the molecule is CCC(C)C(C)NC(=O)c1ccc(S(N)(=O)=O)cc1. The quantitative estimate of drug-likeness (QED) is 0.858. The van der Waals surface area contributed by atoms with Crippen LogP contribution >= 0.6 is 0 Å². The minimum absolute atomic E-state index is 0.000903. The standard InChI is InChI=1S/C13H20N2O3S/c1-4-9(2)10(3)15-13(16)11-5-7-12(8-6-11)19(14,17)18/h5-10H,4H2,1-3H3,(H,15,16)(H2,14,17,18). The lowest BCUT2D eigenvalue weighted by Gasteiger charge is -2.19. The van der Waals surface area contributed by atoms with E-state index in [2.05, 4.69) is 19.2 Å². The summed E-state index contributed by atoms with van der Waals surface area (Å²) in [6.07, 6.45) is 0.978. The van der Waals surface area contributed by atoms with E-state index in [4.69, 9.17) is 5.14 Å².